The van der Waals surface area contributed by atoms with Crippen molar-refractivity contribution in [1.29, 1.82) is 0 Å². The molecule has 2 fully saturated rings. The zero-order valence-corrected chi connectivity index (χ0v) is 13.4. The number of aryl methyl sites for hydroxylation is 1. The molecule has 2 heterocycles. The molecule has 1 aliphatic carbocycles. The van der Waals surface area contributed by atoms with Crippen LogP contribution in [0.2, 0.25) is 0 Å². The Kier molecular flexibility index (Phi) is 4.75. The van der Waals surface area contributed by atoms with E-state index in [0.717, 1.165) is 42.9 Å². The number of rotatable bonds is 6. The average Bonchev–Trinajstić information content (AvgIpc) is 3.20. The van der Waals surface area contributed by atoms with E-state index < -0.39 is 0 Å². The summed E-state index contributed by atoms with van der Waals surface area (Å²) >= 11 is 1.69. The van der Waals surface area contributed by atoms with Crippen LogP contribution in [0.3, 0.4) is 0 Å². The lowest BCUT2D eigenvalue weighted by molar-refractivity contribution is -0.140. The highest BCUT2D eigenvalue weighted by molar-refractivity contribution is 7.13. The first-order valence-electron chi connectivity index (χ1n) is 7.73. The SMILES string of the molecule is COC(=O)CCc1csc(N2CCN(CC3CC3)CC2)n1. The quantitative estimate of drug-likeness (QED) is 0.750. The molecular weight excluding hydrogens is 286 g/mol. The Bertz CT molecular complexity index is 479. The minimum Gasteiger partial charge on any atom is -0.469 e. The fourth-order valence-electron chi connectivity index (χ4n) is 2.68. The first kappa shape index (κ1) is 14.8. The number of anilines is 1. The van der Waals surface area contributed by atoms with Crippen LogP contribution in [-0.2, 0) is 16.0 Å². The largest absolute Gasteiger partial charge is 0.469 e. The van der Waals surface area contributed by atoms with Gasteiger partial charge < -0.3 is 9.64 Å². The molecule has 0 bridgehead atoms. The number of piperazine rings is 1. The molecule has 1 aromatic rings. The fraction of sp³-hybridized carbons (Fsp3) is 0.733. The molecule has 2 aliphatic rings. The van der Waals surface area contributed by atoms with Gasteiger partial charge in [0.25, 0.3) is 0 Å². The third-order valence-corrected chi connectivity index (χ3v) is 5.16. The lowest BCUT2D eigenvalue weighted by atomic mass is 10.2. The van der Waals surface area contributed by atoms with E-state index in [0.29, 0.717) is 12.8 Å². The van der Waals surface area contributed by atoms with Crippen LogP contribution in [0.4, 0.5) is 5.13 Å². The van der Waals surface area contributed by atoms with Crippen LogP contribution >= 0.6 is 11.3 Å². The maximum Gasteiger partial charge on any atom is 0.305 e. The second-order valence-electron chi connectivity index (χ2n) is 5.93. The first-order chi connectivity index (χ1) is 10.2. The molecule has 5 nitrogen and oxygen atoms in total. The Morgan fingerprint density at radius 2 is 2.14 bits per heavy atom. The predicted octanol–water partition coefficient (Wildman–Crippen LogP) is 1.78. The van der Waals surface area contributed by atoms with E-state index in [1.165, 1.54) is 26.5 Å². The molecule has 0 N–H and O–H groups in total. The van der Waals surface area contributed by atoms with Gasteiger partial charge in [0.15, 0.2) is 5.13 Å². The van der Waals surface area contributed by atoms with Gasteiger partial charge in [0.05, 0.1) is 19.2 Å². The first-order valence-corrected chi connectivity index (χ1v) is 8.61. The average molecular weight is 309 g/mol. The highest BCUT2D eigenvalue weighted by Crippen LogP contribution is 2.30. The monoisotopic (exact) mass is 309 g/mol. The second kappa shape index (κ2) is 6.75. The number of carbonyl (C=O) groups is 1. The van der Waals surface area contributed by atoms with Crippen molar-refractivity contribution in [2.75, 3.05) is 44.7 Å². The standard InChI is InChI=1S/C15H23N3O2S/c1-20-14(19)5-4-13-11-21-15(16-13)18-8-6-17(7-9-18)10-12-2-3-12/h11-12H,2-10H2,1H3. The molecule has 0 amide bonds. The van der Waals surface area contributed by atoms with Crippen LogP contribution in [0.1, 0.15) is 25.0 Å². The molecule has 0 spiro atoms. The molecule has 6 heteroatoms. The maximum absolute atomic E-state index is 11.2. The number of methoxy groups -OCH3 is 1. The summed E-state index contributed by atoms with van der Waals surface area (Å²) in [5.74, 6) is 0.805. The highest BCUT2D eigenvalue weighted by Gasteiger charge is 2.26. The van der Waals surface area contributed by atoms with Gasteiger partial charge in [0.1, 0.15) is 0 Å². The zero-order chi connectivity index (χ0) is 14.7. The van der Waals surface area contributed by atoms with Crippen molar-refractivity contribution in [3.8, 4) is 0 Å². The molecule has 0 radical (unpaired) electrons. The summed E-state index contributed by atoms with van der Waals surface area (Å²) in [6.07, 6.45) is 3.94. The van der Waals surface area contributed by atoms with Crippen molar-refractivity contribution in [2.24, 2.45) is 5.92 Å². The Hall–Kier alpha value is -1.14. The minimum atomic E-state index is -0.168. The Morgan fingerprint density at radius 1 is 1.38 bits per heavy atom. The number of aromatic nitrogens is 1. The summed E-state index contributed by atoms with van der Waals surface area (Å²) in [4.78, 5) is 20.8. The fourth-order valence-corrected chi connectivity index (χ4v) is 3.59. The van der Waals surface area contributed by atoms with Gasteiger partial charge in [-0.1, -0.05) is 0 Å². The molecule has 3 rings (SSSR count). The van der Waals surface area contributed by atoms with E-state index in [4.69, 9.17) is 0 Å². The molecule has 21 heavy (non-hydrogen) atoms. The smallest absolute Gasteiger partial charge is 0.305 e. The molecular formula is C15H23N3O2S. The lowest BCUT2D eigenvalue weighted by Crippen LogP contribution is -2.47. The van der Waals surface area contributed by atoms with Gasteiger partial charge >= 0.3 is 5.97 Å². The predicted molar refractivity (Wildman–Crippen MR) is 83.8 cm³/mol. The van der Waals surface area contributed by atoms with Crippen molar-refractivity contribution in [1.82, 2.24) is 9.88 Å². The van der Waals surface area contributed by atoms with Gasteiger partial charge in [-0.2, -0.15) is 0 Å². The van der Waals surface area contributed by atoms with Crippen molar-refractivity contribution in [3.05, 3.63) is 11.1 Å². The van der Waals surface area contributed by atoms with Crippen molar-refractivity contribution < 1.29 is 9.53 Å². The number of hydrogen-bond acceptors (Lipinski definition) is 6. The van der Waals surface area contributed by atoms with Crippen molar-refractivity contribution in [3.63, 3.8) is 0 Å². The summed E-state index contributed by atoms with van der Waals surface area (Å²) in [5.41, 5.74) is 1.00. The van der Waals surface area contributed by atoms with Crippen molar-refractivity contribution in [2.45, 2.75) is 25.7 Å². The van der Waals surface area contributed by atoms with E-state index in [1.807, 2.05) is 0 Å². The van der Waals surface area contributed by atoms with E-state index in [2.05, 4.69) is 24.9 Å². The zero-order valence-electron chi connectivity index (χ0n) is 12.6. The number of nitrogens with zero attached hydrogens (tertiary/aromatic N) is 3. The summed E-state index contributed by atoms with van der Waals surface area (Å²) in [5, 5.41) is 3.16. The van der Waals surface area contributed by atoms with E-state index in [-0.39, 0.29) is 5.97 Å². The van der Waals surface area contributed by atoms with Crippen LogP contribution in [0.15, 0.2) is 5.38 Å². The van der Waals surface area contributed by atoms with Gasteiger partial charge in [-0.25, -0.2) is 4.98 Å². The number of carbonyl (C=O) groups excluding carboxylic acids is 1. The summed E-state index contributed by atoms with van der Waals surface area (Å²) in [7, 11) is 1.43. The molecule has 116 valence electrons. The molecule has 1 aromatic heterocycles. The third-order valence-electron chi connectivity index (χ3n) is 4.21. The van der Waals surface area contributed by atoms with E-state index >= 15 is 0 Å². The van der Waals surface area contributed by atoms with Crippen LogP contribution in [-0.4, -0.2) is 55.7 Å². The van der Waals surface area contributed by atoms with E-state index in [9.17, 15) is 4.79 Å². The Labute approximate surface area is 129 Å². The number of hydrogen-bond donors (Lipinski definition) is 0. The van der Waals surface area contributed by atoms with Crippen molar-refractivity contribution >= 4 is 22.4 Å². The molecule has 1 saturated carbocycles. The topological polar surface area (TPSA) is 45.7 Å². The number of thiazole rings is 1. The Morgan fingerprint density at radius 3 is 2.81 bits per heavy atom. The summed E-state index contributed by atoms with van der Waals surface area (Å²) < 4.78 is 4.66. The molecule has 1 aliphatic heterocycles. The molecule has 0 aromatic carbocycles. The maximum atomic E-state index is 11.2. The van der Waals surface area contributed by atoms with Gasteiger partial charge in [-0.15, -0.1) is 11.3 Å². The number of esters is 1. The Balaban J connectivity index is 1.46. The van der Waals surface area contributed by atoms with Crippen LogP contribution in [0.25, 0.3) is 0 Å². The summed E-state index contributed by atoms with van der Waals surface area (Å²) in [6, 6.07) is 0. The van der Waals surface area contributed by atoms with Gasteiger partial charge in [-0.3, -0.25) is 9.69 Å². The number of ether oxygens (including phenoxy) is 1. The molecule has 0 unspecified atom stereocenters. The van der Waals surface area contributed by atoms with E-state index in [1.54, 1.807) is 11.3 Å². The molecule has 1 saturated heterocycles. The second-order valence-corrected chi connectivity index (χ2v) is 6.77. The van der Waals surface area contributed by atoms with Crippen LogP contribution in [0.5, 0.6) is 0 Å². The third kappa shape index (κ3) is 4.17. The summed E-state index contributed by atoms with van der Waals surface area (Å²) in [6.45, 7) is 5.71. The van der Waals surface area contributed by atoms with Gasteiger partial charge in [-0.05, 0) is 18.8 Å². The highest BCUT2D eigenvalue weighted by atomic mass is 32.1. The lowest BCUT2D eigenvalue weighted by Gasteiger charge is -2.34. The minimum absolute atomic E-state index is 0.168. The van der Waals surface area contributed by atoms with Crippen LogP contribution in [0, 0.1) is 5.92 Å². The van der Waals surface area contributed by atoms with Gasteiger partial charge in [0.2, 0.25) is 0 Å². The normalized spacial score (nSPS) is 19.8. The van der Waals surface area contributed by atoms with Crippen LogP contribution < -0.4 is 4.90 Å². The van der Waals surface area contributed by atoms with Gasteiger partial charge in [0, 0.05) is 44.5 Å². The molecule has 0 atom stereocenters.